The molecular weight excluding hydrogens is 338 g/mol. The van der Waals surface area contributed by atoms with Crippen molar-refractivity contribution in [2.75, 3.05) is 31.1 Å². The first-order valence-corrected chi connectivity index (χ1v) is 9.36. The van der Waals surface area contributed by atoms with Gasteiger partial charge in [0.25, 0.3) is 0 Å². The van der Waals surface area contributed by atoms with Crippen molar-refractivity contribution < 1.29 is 4.79 Å². The molecule has 3 heterocycles. The Morgan fingerprint density at radius 2 is 1.74 bits per heavy atom. The number of hydrogen-bond acceptors (Lipinski definition) is 5. The predicted molar refractivity (Wildman–Crippen MR) is 106 cm³/mol. The summed E-state index contributed by atoms with van der Waals surface area (Å²) in [6, 6.07) is 14.2. The maximum absolute atomic E-state index is 12.7. The number of amides is 1. The van der Waals surface area contributed by atoms with Crippen LogP contribution in [0.15, 0.2) is 54.9 Å². The highest BCUT2D eigenvalue weighted by Crippen LogP contribution is 2.21. The molecule has 27 heavy (non-hydrogen) atoms. The summed E-state index contributed by atoms with van der Waals surface area (Å²) in [5.41, 5.74) is 2.67. The molecule has 1 atom stereocenters. The number of fused-ring (bicyclic) bond motifs is 1. The lowest BCUT2D eigenvalue weighted by Crippen LogP contribution is -2.49. The van der Waals surface area contributed by atoms with E-state index in [1.807, 2.05) is 35.2 Å². The second-order valence-electron chi connectivity index (χ2n) is 6.95. The standard InChI is InChI=1S/C21H23N5O/c1-16(17-5-3-2-4-6-17)15-20(27)26-13-11-25(12-14-26)19-8-7-18-21(24-19)23-10-9-22-18/h2-10,16H,11-15H2,1H3. The lowest BCUT2D eigenvalue weighted by Gasteiger charge is -2.36. The summed E-state index contributed by atoms with van der Waals surface area (Å²) in [6.07, 6.45) is 3.88. The molecule has 6 heteroatoms. The van der Waals surface area contributed by atoms with Crippen LogP contribution in [0, 0.1) is 0 Å². The molecule has 0 radical (unpaired) electrons. The first-order valence-electron chi connectivity index (χ1n) is 9.36. The average molecular weight is 361 g/mol. The second kappa shape index (κ2) is 7.70. The minimum Gasteiger partial charge on any atom is -0.353 e. The van der Waals surface area contributed by atoms with Crippen LogP contribution in [-0.2, 0) is 4.79 Å². The number of nitrogens with zero attached hydrogens (tertiary/aromatic N) is 5. The van der Waals surface area contributed by atoms with Gasteiger partial charge in [-0.25, -0.2) is 9.97 Å². The van der Waals surface area contributed by atoms with E-state index in [2.05, 4.69) is 38.9 Å². The third-order valence-corrected chi connectivity index (χ3v) is 5.12. The molecule has 3 aromatic rings. The van der Waals surface area contributed by atoms with Gasteiger partial charge in [0.15, 0.2) is 5.65 Å². The molecule has 1 aromatic carbocycles. The molecule has 138 valence electrons. The number of carbonyl (C=O) groups is 1. The normalized spacial score (nSPS) is 15.7. The zero-order valence-corrected chi connectivity index (χ0v) is 15.5. The molecule has 0 saturated carbocycles. The Morgan fingerprint density at radius 3 is 2.52 bits per heavy atom. The molecule has 0 N–H and O–H groups in total. The maximum atomic E-state index is 12.7. The first kappa shape index (κ1) is 17.4. The number of benzene rings is 1. The number of pyridine rings is 1. The Hall–Kier alpha value is -3.02. The van der Waals surface area contributed by atoms with Crippen LogP contribution in [0.3, 0.4) is 0 Å². The Kier molecular flexibility index (Phi) is 4.96. The van der Waals surface area contributed by atoms with Crippen LogP contribution in [0.2, 0.25) is 0 Å². The van der Waals surface area contributed by atoms with E-state index < -0.39 is 0 Å². The number of aromatic nitrogens is 3. The molecule has 1 saturated heterocycles. The van der Waals surface area contributed by atoms with Crippen molar-refractivity contribution in [1.82, 2.24) is 19.9 Å². The van der Waals surface area contributed by atoms with Crippen LogP contribution in [0.25, 0.3) is 11.2 Å². The van der Waals surface area contributed by atoms with Gasteiger partial charge in [-0.05, 0) is 23.6 Å². The van der Waals surface area contributed by atoms with E-state index in [1.54, 1.807) is 12.4 Å². The molecule has 0 bridgehead atoms. The van der Waals surface area contributed by atoms with E-state index in [-0.39, 0.29) is 11.8 Å². The van der Waals surface area contributed by atoms with E-state index >= 15 is 0 Å². The Balaban J connectivity index is 1.36. The molecule has 0 spiro atoms. The van der Waals surface area contributed by atoms with E-state index in [0.29, 0.717) is 12.1 Å². The summed E-state index contributed by atoms with van der Waals surface area (Å²) >= 11 is 0. The fourth-order valence-corrected chi connectivity index (χ4v) is 3.50. The molecule has 1 aliphatic heterocycles. The molecule has 0 aliphatic carbocycles. The molecule has 1 fully saturated rings. The number of hydrogen-bond donors (Lipinski definition) is 0. The van der Waals surface area contributed by atoms with Crippen molar-refractivity contribution in [2.45, 2.75) is 19.3 Å². The van der Waals surface area contributed by atoms with Crippen LogP contribution in [0.1, 0.15) is 24.8 Å². The van der Waals surface area contributed by atoms with Crippen LogP contribution in [0.4, 0.5) is 5.82 Å². The van der Waals surface area contributed by atoms with Crippen LogP contribution in [-0.4, -0.2) is 51.9 Å². The minimum atomic E-state index is 0.225. The van der Waals surface area contributed by atoms with Crippen molar-refractivity contribution in [3.8, 4) is 0 Å². The van der Waals surface area contributed by atoms with E-state index in [4.69, 9.17) is 0 Å². The van der Waals surface area contributed by atoms with Crippen molar-refractivity contribution in [3.63, 3.8) is 0 Å². The van der Waals surface area contributed by atoms with Gasteiger partial charge >= 0.3 is 0 Å². The van der Waals surface area contributed by atoms with Crippen molar-refractivity contribution in [1.29, 1.82) is 0 Å². The molecular formula is C21H23N5O. The van der Waals surface area contributed by atoms with Gasteiger partial charge in [-0.3, -0.25) is 9.78 Å². The first-order chi connectivity index (χ1) is 13.2. The van der Waals surface area contributed by atoms with E-state index in [1.165, 1.54) is 5.56 Å². The molecule has 1 amide bonds. The molecule has 2 aromatic heterocycles. The zero-order valence-electron chi connectivity index (χ0n) is 15.5. The van der Waals surface area contributed by atoms with Crippen LogP contribution < -0.4 is 4.90 Å². The van der Waals surface area contributed by atoms with Gasteiger partial charge in [0.1, 0.15) is 11.3 Å². The average Bonchev–Trinajstić information content (AvgIpc) is 2.74. The monoisotopic (exact) mass is 361 g/mol. The van der Waals surface area contributed by atoms with Crippen LogP contribution >= 0.6 is 0 Å². The summed E-state index contributed by atoms with van der Waals surface area (Å²) in [7, 11) is 0. The Bertz CT molecular complexity index is 922. The van der Waals surface area contributed by atoms with Gasteiger partial charge in [-0.1, -0.05) is 37.3 Å². The Morgan fingerprint density at radius 1 is 1.00 bits per heavy atom. The lowest BCUT2D eigenvalue weighted by molar-refractivity contribution is -0.131. The summed E-state index contributed by atoms with van der Waals surface area (Å²) in [5.74, 6) is 1.36. The van der Waals surface area contributed by atoms with Gasteiger partial charge in [-0.15, -0.1) is 0 Å². The number of piperazine rings is 1. The molecule has 1 unspecified atom stereocenters. The largest absolute Gasteiger partial charge is 0.353 e. The van der Waals surface area contributed by atoms with Gasteiger partial charge in [0.05, 0.1) is 0 Å². The number of anilines is 1. The molecule has 6 nitrogen and oxygen atoms in total. The topological polar surface area (TPSA) is 62.2 Å². The number of rotatable bonds is 4. The molecule has 1 aliphatic rings. The van der Waals surface area contributed by atoms with Gasteiger partial charge in [0, 0.05) is 45.0 Å². The Labute approximate surface area is 158 Å². The zero-order chi connectivity index (χ0) is 18.6. The van der Waals surface area contributed by atoms with E-state index in [9.17, 15) is 4.79 Å². The van der Waals surface area contributed by atoms with Crippen LogP contribution in [0.5, 0.6) is 0 Å². The van der Waals surface area contributed by atoms with Crippen molar-refractivity contribution in [3.05, 3.63) is 60.4 Å². The summed E-state index contributed by atoms with van der Waals surface area (Å²) in [5, 5.41) is 0. The summed E-state index contributed by atoms with van der Waals surface area (Å²) in [6.45, 7) is 5.12. The fraction of sp³-hybridized carbons (Fsp3) is 0.333. The SMILES string of the molecule is CC(CC(=O)N1CCN(c2ccc3nccnc3n2)CC1)c1ccccc1. The third kappa shape index (κ3) is 3.89. The van der Waals surface area contributed by atoms with Gasteiger partial charge in [0.2, 0.25) is 5.91 Å². The highest BCUT2D eigenvalue weighted by atomic mass is 16.2. The van der Waals surface area contributed by atoms with Crippen molar-refractivity contribution in [2.24, 2.45) is 0 Å². The minimum absolute atomic E-state index is 0.225. The summed E-state index contributed by atoms with van der Waals surface area (Å²) in [4.78, 5) is 30.0. The molecule has 4 rings (SSSR count). The second-order valence-corrected chi connectivity index (χ2v) is 6.95. The highest BCUT2D eigenvalue weighted by Gasteiger charge is 2.23. The van der Waals surface area contributed by atoms with E-state index in [0.717, 1.165) is 37.5 Å². The fourth-order valence-electron chi connectivity index (χ4n) is 3.50. The predicted octanol–water partition coefficient (Wildman–Crippen LogP) is 2.87. The smallest absolute Gasteiger partial charge is 0.223 e. The highest BCUT2D eigenvalue weighted by molar-refractivity contribution is 5.77. The summed E-state index contributed by atoms with van der Waals surface area (Å²) < 4.78 is 0. The quantitative estimate of drug-likeness (QED) is 0.715. The van der Waals surface area contributed by atoms with Gasteiger partial charge < -0.3 is 9.80 Å². The lowest BCUT2D eigenvalue weighted by atomic mass is 9.97. The third-order valence-electron chi connectivity index (χ3n) is 5.12. The van der Waals surface area contributed by atoms with Crippen molar-refractivity contribution >= 4 is 22.9 Å². The maximum Gasteiger partial charge on any atom is 0.223 e. The van der Waals surface area contributed by atoms with Gasteiger partial charge in [-0.2, -0.15) is 0 Å². The number of carbonyl (C=O) groups excluding carboxylic acids is 1.